The second-order valence-electron chi connectivity index (χ2n) is 8.26. The van der Waals surface area contributed by atoms with Crippen LogP contribution < -0.4 is 19.7 Å². The Balaban J connectivity index is 1.70. The number of amides is 4. The number of alkyl halides is 3. The van der Waals surface area contributed by atoms with E-state index in [9.17, 15) is 31.9 Å². The van der Waals surface area contributed by atoms with Gasteiger partial charge in [-0.25, -0.2) is 14.1 Å². The zero-order valence-corrected chi connectivity index (χ0v) is 23.4. The number of imide groups is 2. The SMILES string of the molecule is CCOc1cc(/C=C2/C(=O)NC(=O)N(c3cc(C(F)(F)F)ccc3Cl)C2=O)cc(I)c1OCc1ccccc1F. The van der Waals surface area contributed by atoms with Gasteiger partial charge >= 0.3 is 12.2 Å². The van der Waals surface area contributed by atoms with Crippen LogP contribution in [0.15, 0.2) is 60.2 Å². The van der Waals surface area contributed by atoms with Crippen LogP contribution in [0, 0.1) is 9.39 Å². The highest BCUT2D eigenvalue weighted by molar-refractivity contribution is 14.1. The van der Waals surface area contributed by atoms with E-state index in [-0.39, 0.29) is 29.5 Å². The maximum Gasteiger partial charge on any atom is 0.416 e. The number of rotatable bonds is 7. The maximum atomic E-state index is 14.0. The molecule has 0 aliphatic carbocycles. The lowest BCUT2D eigenvalue weighted by molar-refractivity contribution is -0.137. The summed E-state index contributed by atoms with van der Waals surface area (Å²) in [5.74, 6) is -2.15. The van der Waals surface area contributed by atoms with Gasteiger partial charge in [0.15, 0.2) is 11.5 Å². The second-order valence-corrected chi connectivity index (χ2v) is 9.83. The number of urea groups is 1. The van der Waals surface area contributed by atoms with Gasteiger partial charge in [0.05, 0.1) is 26.5 Å². The van der Waals surface area contributed by atoms with Gasteiger partial charge in [-0.05, 0) is 77.6 Å². The Morgan fingerprint density at radius 3 is 2.45 bits per heavy atom. The van der Waals surface area contributed by atoms with Crippen molar-refractivity contribution in [2.75, 3.05) is 11.5 Å². The third-order valence-corrected chi connectivity index (χ3v) is 6.71. The summed E-state index contributed by atoms with van der Waals surface area (Å²) in [5.41, 5.74) is -1.62. The molecule has 0 unspecified atom stereocenters. The van der Waals surface area contributed by atoms with Crippen molar-refractivity contribution in [2.45, 2.75) is 19.7 Å². The van der Waals surface area contributed by atoms with E-state index in [1.807, 2.05) is 27.9 Å². The number of barbiturate groups is 1. The van der Waals surface area contributed by atoms with E-state index in [1.165, 1.54) is 12.1 Å². The molecule has 1 N–H and O–H groups in total. The van der Waals surface area contributed by atoms with E-state index >= 15 is 0 Å². The number of hydrogen-bond acceptors (Lipinski definition) is 5. The lowest BCUT2D eigenvalue weighted by Gasteiger charge is -2.27. The predicted molar refractivity (Wildman–Crippen MR) is 147 cm³/mol. The molecule has 1 aliphatic rings. The van der Waals surface area contributed by atoms with Crippen molar-refractivity contribution < 1.29 is 41.4 Å². The summed E-state index contributed by atoms with van der Waals surface area (Å²) < 4.78 is 65.8. The van der Waals surface area contributed by atoms with Crippen molar-refractivity contribution >= 4 is 63.8 Å². The minimum absolute atomic E-state index is 0.0983. The fourth-order valence-electron chi connectivity index (χ4n) is 3.74. The number of anilines is 1. The third kappa shape index (κ3) is 6.22. The summed E-state index contributed by atoms with van der Waals surface area (Å²) in [6.07, 6.45) is -3.62. The van der Waals surface area contributed by atoms with Gasteiger partial charge in [0.2, 0.25) is 0 Å². The molecule has 4 amide bonds. The first-order valence-corrected chi connectivity index (χ1v) is 13.0. The van der Waals surface area contributed by atoms with E-state index in [1.54, 1.807) is 31.2 Å². The van der Waals surface area contributed by atoms with Gasteiger partial charge in [-0.1, -0.05) is 29.8 Å². The molecule has 0 radical (unpaired) electrons. The average molecular weight is 689 g/mol. The van der Waals surface area contributed by atoms with Crippen molar-refractivity contribution in [3.63, 3.8) is 0 Å². The molecular formula is C27H18ClF4IN2O5. The number of halogens is 6. The first kappa shape index (κ1) is 29.3. The summed E-state index contributed by atoms with van der Waals surface area (Å²) >= 11 is 7.97. The van der Waals surface area contributed by atoms with Crippen LogP contribution in [0.2, 0.25) is 5.02 Å². The molecule has 7 nitrogen and oxygen atoms in total. The Kier molecular flexibility index (Phi) is 8.68. The van der Waals surface area contributed by atoms with Crippen molar-refractivity contribution in [1.82, 2.24) is 5.32 Å². The van der Waals surface area contributed by atoms with Crippen molar-refractivity contribution in [2.24, 2.45) is 0 Å². The number of ether oxygens (including phenoxy) is 2. The smallest absolute Gasteiger partial charge is 0.416 e. The molecule has 3 aromatic carbocycles. The summed E-state index contributed by atoms with van der Waals surface area (Å²) in [6, 6.07) is 9.99. The van der Waals surface area contributed by atoms with Crippen molar-refractivity contribution in [1.29, 1.82) is 0 Å². The third-order valence-electron chi connectivity index (χ3n) is 5.59. The molecule has 0 saturated carbocycles. The molecular weight excluding hydrogens is 671 g/mol. The van der Waals surface area contributed by atoms with Crippen LogP contribution in [-0.2, 0) is 22.4 Å². The topological polar surface area (TPSA) is 84.9 Å². The monoisotopic (exact) mass is 688 g/mol. The molecule has 0 atom stereocenters. The van der Waals surface area contributed by atoms with E-state index in [0.29, 0.717) is 31.9 Å². The predicted octanol–water partition coefficient (Wildman–Crippen LogP) is 6.75. The van der Waals surface area contributed by atoms with Crippen LogP contribution >= 0.6 is 34.2 Å². The Bertz CT molecular complexity index is 1540. The zero-order chi connectivity index (χ0) is 29.2. The van der Waals surface area contributed by atoms with Crippen LogP contribution in [0.25, 0.3) is 6.08 Å². The number of nitrogens with one attached hydrogen (secondary N) is 1. The minimum atomic E-state index is -4.77. The molecule has 0 bridgehead atoms. The minimum Gasteiger partial charge on any atom is -0.490 e. The molecule has 1 aliphatic heterocycles. The number of nitrogens with zero attached hydrogens (tertiary/aromatic N) is 1. The molecule has 3 aromatic rings. The Morgan fingerprint density at radius 2 is 1.77 bits per heavy atom. The lowest BCUT2D eigenvalue weighted by atomic mass is 10.1. The lowest BCUT2D eigenvalue weighted by Crippen LogP contribution is -2.54. The maximum absolute atomic E-state index is 14.0. The normalized spacial score (nSPS) is 14.9. The summed E-state index contributed by atoms with van der Waals surface area (Å²) in [5, 5.41) is 1.64. The van der Waals surface area contributed by atoms with E-state index in [0.717, 1.165) is 12.1 Å². The van der Waals surface area contributed by atoms with Gasteiger partial charge in [0.25, 0.3) is 11.8 Å². The molecule has 4 rings (SSSR count). The quantitative estimate of drug-likeness (QED) is 0.129. The van der Waals surface area contributed by atoms with Crippen LogP contribution in [0.3, 0.4) is 0 Å². The Hall–Kier alpha value is -3.65. The largest absolute Gasteiger partial charge is 0.490 e. The van der Waals surface area contributed by atoms with E-state index in [4.69, 9.17) is 21.1 Å². The number of benzene rings is 3. The second kappa shape index (κ2) is 11.8. The zero-order valence-electron chi connectivity index (χ0n) is 20.4. The first-order valence-electron chi connectivity index (χ1n) is 11.5. The number of carbonyl (C=O) groups excluding carboxylic acids is 3. The van der Waals surface area contributed by atoms with E-state index in [2.05, 4.69) is 0 Å². The van der Waals surface area contributed by atoms with Gasteiger partial charge < -0.3 is 9.47 Å². The Labute approximate surface area is 243 Å². The summed E-state index contributed by atoms with van der Waals surface area (Å²) in [7, 11) is 0. The van der Waals surface area contributed by atoms with Crippen LogP contribution in [0.4, 0.5) is 28.0 Å². The standard InChI is InChI=1S/C27H18ClF4IN2O5/c1-2-39-22-11-14(10-20(33)23(22)40-13-15-5-3-4-6-19(15)29)9-17-24(36)34-26(38)35(25(17)37)21-12-16(27(30,31)32)7-8-18(21)28/h3-12H,2,13H2,1H3,(H,34,36,38)/b17-9-. The molecule has 0 aromatic heterocycles. The van der Waals surface area contributed by atoms with Crippen molar-refractivity contribution in [3.8, 4) is 11.5 Å². The van der Waals surface area contributed by atoms with Crippen LogP contribution in [0.1, 0.15) is 23.6 Å². The fraction of sp³-hybridized carbons (Fsp3) is 0.148. The molecule has 40 heavy (non-hydrogen) atoms. The summed E-state index contributed by atoms with van der Waals surface area (Å²) in [4.78, 5) is 38.8. The highest BCUT2D eigenvalue weighted by Gasteiger charge is 2.39. The van der Waals surface area contributed by atoms with Gasteiger partial charge in [-0.3, -0.25) is 14.9 Å². The van der Waals surface area contributed by atoms with Gasteiger partial charge in [0, 0.05) is 5.56 Å². The van der Waals surface area contributed by atoms with Gasteiger partial charge in [-0.2, -0.15) is 13.2 Å². The summed E-state index contributed by atoms with van der Waals surface area (Å²) in [6.45, 7) is 1.85. The molecule has 208 valence electrons. The number of carbonyl (C=O) groups is 3. The van der Waals surface area contributed by atoms with Gasteiger partial charge in [0.1, 0.15) is 18.0 Å². The van der Waals surface area contributed by atoms with Gasteiger partial charge in [-0.15, -0.1) is 0 Å². The molecule has 1 saturated heterocycles. The van der Waals surface area contributed by atoms with Crippen LogP contribution in [-0.4, -0.2) is 24.5 Å². The fourth-order valence-corrected chi connectivity index (χ4v) is 4.73. The number of hydrogen-bond donors (Lipinski definition) is 1. The highest BCUT2D eigenvalue weighted by Crippen LogP contribution is 2.38. The average Bonchev–Trinajstić information content (AvgIpc) is 2.87. The highest BCUT2D eigenvalue weighted by atomic mass is 127. The molecule has 1 fully saturated rings. The van der Waals surface area contributed by atoms with E-state index < -0.39 is 46.7 Å². The molecule has 13 heteroatoms. The Morgan fingerprint density at radius 1 is 1.05 bits per heavy atom. The first-order chi connectivity index (χ1) is 18.9. The van der Waals surface area contributed by atoms with Crippen LogP contribution in [0.5, 0.6) is 11.5 Å². The molecule has 0 spiro atoms. The van der Waals surface area contributed by atoms with Crippen molar-refractivity contribution in [3.05, 3.63) is 91.3 Å². The molecule has 1 heterocycles.